The Morgan fingerprint density at radius 3 is 2.74 bits per heavy atom. The average molecular weight is 259 g/mol. The standard InChI is InChI=1S/C13H17N5O/c14-8-10-4-5-11(15-9-10)12-16-13(17-19-12)18-6-2-1-3-7-18/h4-5,9H,1-3,6-8,14H2. The first-order valence-electron chi connectivity index (χ1n) is 6.61. The van der Waals surface area contributed by atoms with Crippen molar-refractivity contribution in [2.24, 2.45) is 5.73 Å². The fourth-order valence-corrected chi connectivity index (χ4v) is 2.21. The third kappa shape index (κ3) is 2.58. The number of aromatic nitrogens is 3. The van der Waals surface area contributed by atoms with Crippen molar-refractivity contribution in [3.8, 4) is 11.6 Å². The van der Waals surface area contributed by atoms with Crippen molar-refractivity contribution >= 4 is 5.95 Å². The van der Waals surface area contributed by atoms with Gasteiger partial charge in [-0.2, -0.15) is 4.98 Å². The van der Waals surface area contributed by atoms with Gasteiger partial charge in [0.25, 0.3) is 11.8 Å². The van der Waals surface area contributed by atoms with Gasteiger partial charge in [-0.1, -0.05) is 6.07 Å². The van der Waals surface area contributed by atoms with Crippen LogP contribution < -0.4 is 10.6 Å². The van der Waals surface area contributed by atoms with Crippen molar-refractivity contribution < 1.29 is 4.52 Å². The number of hydrogen-bond acceptors (Lipinski definition) is 6. The summed E-state index contributed by atoms with van der Waals surface area (Å²) in [5.41, 5.74) is 7.22. The Hall–Kier alpha value is -1.95. The van der Waals surface area contributed by atoms with E-state index in [1.807, 2.05) is 12.1 Å². The largest absolute Gasteiger partial charge is 0.338 e. The molecule has 0 amide bonds. The molecule has 0 saturated carbocycles. The molecule has 0 radical (unpaired) electrons. The van der Waals surface area contributed by atoms with Crippen molar-refractivity contribution in [2.45, 2.75) is 25.8 Å². The Morgan fingerprint density at radius 2 is 2.05 bits per heavy atom. The van der Waals surface area contributed by atoms with Crippen molar-refractivity contribution in [2.75, 3.05) is 18.0 Å². The van der Waals surface area contributed by atoms with Crippen molar-refractivity contribution in [3.05, 3.63) is 23.9 Å². The highest BCUT2D eigenvalue weighted by Crippen LogP contribution is 2.21. The minimum Gasteiger partial charge on any atom is -0.338 e. The lowest BCUT2D eigenvalue weighted by molar-refractivity contribution is 0.425. The van der Waals surface area contributed by atoms with Gasteiger partial charge >= 0.3 is 0 Å². The molecule has 0 aromatic carbocycles. The zero-order valence-electron chi connectivity index (χ0n) is 10.7. The molecule has 0 unspecified atom stereocenters. The van der Waals surface area contributed by atoms with Gasteiger partial charge in [0.1, 0.15) is 5.69 Å². The van der Waals surface area contributed by atoms with Crippen molar-refractivity contribution in [1.82, 2.24) is 15.1 Å². The van der Waals surface area contributed by atoms with E-state index in [0.29, 0.717) is 24.1 Å². The zero-order chi connectivity index (χ0) is 13.1. The predicted molar refractivity (Wildman–Crippen MR) is 71.5 cm³/mol. The van der Waals surface area contributed by atoms with E-state index in [1.54, 1.807) is 6.20 Å². The highest BCUT2D eigenvalue weighted by atomic mass is 16.5. The van der Waals surface area contributed by atoms with E-state index in [1.165, 1.54) is 19.3 Å². The monoisotopic (exact) mass is 259 g/mol. The van der Waals surface area contributed by atoms with Crippen LogP contribution in [0.5, 0.6) is 0 Å². The topological polar surface area (TPSA) is 81.1 Å². The molecule has 0 spiro atoms. The summed E-state index contributed by atoms with van der Waals surface area (Å²) in [5, 5.41) is 4.03. The van der Waals surface area contributed by atoms with Crippen LogP contribution >= 0.6 is 0 Å². The lowest BCUT2D eigenvalue weighted by Gasteiger charge is -2.24. The molecule has 2 aromatic heterocycles. The first-order chi connectivity index (χ1) is 9.36. The van der Waals surface area contributed by atoms with Crippen LogP contribution in [-0.4, -0.2) is 28.2 Å². The molecule has 100 valence electrons. The third-order valence-electron chi connectivity index (χ3n) is 3.33. The van der Waals surface area contributed by atoms with Gasteiger partial charge in [-0.3, -0.25) is 4.98 Å². The lowest BCUT2D eigenvalue weighted by atomic mass is 10.1. The number of piperidine rings is 1. The minimum atomic E-state index is 0.462. The maximum atomic E-state index is 5.54. The molecule has 19 heavy (non-hydrogen) atoms. The molecule has 0 bridgehead atoms. The van der Waals surface area contributed by atoms with Gasteiger partial charge in [0, 0.05) is 25.8 Å². The SMILES string of the molecule is NCc1ccc(-c2nc(N3CCCCC3)no2)nc1. The van der Waals surface area contributed by atoms with E-state index in [9.17, 15) is 0 Å². The van der Waals surface area contributed by atoms with Gasteiger partial charge in [0.2, 0.25) is 0 Å². The fourth-order valence-electron chi connectivity index (χ4n) is 2.21. The zero-order valence-corrected chi connectivity index (χ0v) is 10.7. The second-order valence-electron chi connectivity index (χ2n) is 4.70. The molecular formula is C13H17N5O. The van der Waals surface area contributed by atoms with Crippen molar-refractivity contribution in [3.63, 3.8) is 0 Å². The van der Waals surface area contributed by atoms with Gasteiger partial charge in [0.05, 0.1) is 0 Å². The fraction of sp³-hybridized carbons (Fsp3) is 0.462. The van der Waals surface area contributed by atoms with Gasteiger partial charge < -0.3 is 15.2 Å². The highest BCUT2D eigenvalue weighted by Gasteiger charge is 2.17. The van der Waals surface area contributed by atoms with Crippen LogP contribution in [0.1, 0.15) is 24.8 Å². The molecule has 2 aromatic rings. The van der Waals surface area contributed by atoms with Gasteiger partial charge in [-0.05, 0) is 36.0 Å². The lowest BCUT2D eigenvalue weighted by Crippen LogP contribution is -2.30. The summed E-state index contributed by atoms with van der Waals surface area (Å²) >= 11 is 0. The molecule has 1 fully saturated rings. The molecule has 3 heterocycles. The van der Waals surface area contributed by atoms with Crippen LogP contribution in [0.2, 0.25) is 0 Å². The van der Waals surface area contributed by atoms with E-state index in [2.05, 4.69) is 20.0 Å². The number of hydrogen-bond donors (Lipinski definition) is 1. The van der Waals surface area contributed by atoms with E-state index < -0.39 is 0 Å². The normalized spacial score (nSPS) is 15.7. The molecule has 0 aliphatic carbocycles. The molecular weight excluding hydrogens is 242 g/mol. The molecule has 6 heteroatoms. The second-order valence-corrected chi connectivity index (χ2v) is 4.70. The molecule has 0 atom stereocenters. The van der Waals surface area contributed by atoms with Gasteiger partial charge in [0.15, 0.2) is 0 Å². The summed E-state index contributed by atoms with van der Waals surface area (Å²) in [5.74, 6) is 1.13. The smallest absolute Gasteiger partial charge is 0.278 e. The Bertz CT molecular complexity index is 530. The van der Waals surface area contributed by atoms with Gasteiger partial charge in [-0.25, -0.2) is 0 Å². The first kappa shape index (κ1) is 12.1. The number of anilines is 1. The Balaban J connectivity index is 1.79. The average Bonchev–Trinajstić information content (AvgIpc) is 2.98. The quantitative estimate of drug-likeness (QED) is 0.901. The van der Waals surface area contributed by atoms with E-state index >= 15 is 0 Å². The maximum absolute atomic E-state index is 5.54. The van der Waals surface area contributed by atoms with Crippen LogP contribution in [0.15, 0.2) is 22.9 Å². The number of nitrogens with zero attached hydrogens (tertiary/aromatic N) is 4. The molecule has 1 aliphatic rings. The Labute approximate surface area is 111 Å². The molecule has 6 nitrogen and oxygen atoms in total. The molecule has 3 rings (SSSR count). The van der Waals surface area contributed by atoms with Crippen LogP contribution in [0.4, 0.5) is 5.95 Å². The minimum absolute atomic E-state index is 0.462. The third-order valence-corrected chi connectivity index (χ3v) is 3.33. The van der Waals surface area contributed by atoms with E-state index in [4.69, 9.17) is 10.3 Å². The van der Waals surface area contributed by atoms with Crippen LogP contribution in [0.25, 0.3) is 11.6 Å². The Morgan fingerprint density at radius 1 is 1.21 bits per heavy atom. The van der Waals surface area contributed by atoms with E-state index in [-0.39, 0.29) is 0 Å². The summed E-state index contributed by atoms with van der Waals surface area (Å²) in [4.78, 5) is 10.9. The number of pyridine rings is 1. The molecule has 1 saturated heterocycles. The van der Waals surface area contributed by atoms with Gasteiger partial charge in [-0.15, -0.1) is 0 Å². The number of nitrogens with two attached hydrogens (primary N) is 1. The summed E-state index contributed by atoms with van der Waals surface area (Å²) in [6, 6.07) is 3.78. The van der Waals surface area contributed by atoms with Crippen LogP contribution in [0, 0.1) is 0 Å². The predicted octanol–water partition coefficient (Wildman–Crippen LogP) is 1.58. The maximum Gasteiger partial charge on any atom is 0.278 e. The number of rotatable bonds is 3. The highest BCUT2D eigenvalue weighted by molar-refractivity contribution is 5.49. The summed E-state index contributed by atoms with van der Waals surface area (Å²) in [6.07, 6.45) is 5.39. The second kappa shape index (κ2) is 5.36. The van der Waals surface area contributed by atoms with E-state index in [0.717, 1.165) is 18.7 Å². The molecule has 1 aliphatic heterocycles. The van der Waals surface area contributed by atoms with Crippen molar-refractivity contribution in [1.29, 1.82) is 0 Å². The Kier molecular flexibility index (Phi) is 3.41. The van der Waals surface area contributed by atoms with Crippen LogP contribution in [0.3, 0.4) is 0 Å². The summed E-state index contributed by atoms with van der Waals surface area (Å²) in [6.45, 7) is 2.48. The molecule has 2 N–H and O–H groups in total. The first-order valence-corrected chi connectivity index (χ1v) is 6.61. The summed E-state index contributed by atoms with van der Waals surface area (Å²) in [7, 11) is 0. The van der Waals surface area contributed by atoms with Crippen LogP contribution in [-0.2, 0) is 6.54 Å². The summed E-state index contributed by atoms with van der Waals surface area (Å²) < 4.78 is 5.28.